The zero-order valence-electron chi connectivity index (χ0n) is 16.7. The molecule has 6 nitrogen and oxygen atoms in total. The summed E-state index contributed by atoms with van der Waals surface area (Å²) in [5, 5.41) is 12.8. The highest BCUT2D eigenvalue weighted by atomic mass is 35.5. The molecular formula is C20H32Cl2N4O2. The molecule has 1 heterocycles. The first kappa shape index (κ1) is 23.3. The minimum absolute atomic E-state index is 0.0187. The lowest BCUT2D eigenvalue weighted by molar-refractivity contribution is -0.156. The molecule has 0 aromatic heterocycles. The second kappa shape index (κ2) is 11.2. The van der Waals surface area contributed by atoms with E-state index in [-0.39, 0.29) is 18.6 Å². The number of hydroxylamine groups is 2. The standard InChI is InChI=1S/C20H32Cl2N4O2/c1-25(28-2)20(13-27)16(15-3-4-17(21)18(22)11-15)7-10-26-8-5-14(6-9-26)19(24)12-23/h3-4,11-12,14,16,20,27H,5-10,13,23-24H2,1-2H3/b19-12-. The van der Waals surface area contributed by atoms with Gasteiger partial charge in [-0.2, -0.15) is 5.06 Å². The van der Waals surface area contributed by atoms with Gasteiger partial charge < -0.3 is 26.3 Å². The van der Waals surface area contributed by atoms with Crippen LogP contribution < -0.4 is 11.5 Å². The van der Waals surface area contributed by atoms with E-state index >= 15 is 0 Å². The minimum atomic E-state index is -0.185. The monoisotopic (exact) mass is 430 g/mol. The van der Waals surface area contributed by atoms with Crippen LogP contribution in [0, 0.1) is 5.92 Å². The molecule has 5 N–H and O–H groups in total. The molecular weight excluding hydrogens is 399 g/mol. The topological polar surface area (TPSA) is 88.0 Å². The summed E-state index contributed by atoms with van der Waals surface area (Å²) in [4.78, 5) is 7.81. The number of benzene rings is 1. The minimum Gasteiger partial charge on any atom is -0.403 e. The number of nitrogens with zero attached hydrogens (tertiary/aromatic N) is 2. The fourth-order valence-electron chi connectivity index (χ4n) is 3.90. The average Bonchev–Trinajstić information content (AvgIpc) is 2.72. The Balaban J connectivity index is 2.09. The Morgan fingerprint density at radius 3 is 2.57 bits per heavy atom. The van der Waals surface area contributed by atoms with Gasteiger partial charge in [-0.25, -0.2) is 0 Å². The Bertz CT molecular complexity index is 651. The van der Waals surface area contributed by atoms with Gasteiger partial charge in [-0.15, -0.1) is 0 Å². The summed E-state index contributed by atoms with van der Waals surface area (Å²) < 4.78 is 0. The van der Waals surface area contributed by atoms with E-state index < -0.39 is 0 Å². The fourth-order valence-corrected chi connectivity index (χ4v) is 4.21. The fraction of sp³-hybridized carbons (Fsp3) is 0.600. The van der Waals surface area contributed by atoms with Crippen LogP contribution in [0.1, 0.15) is 30.7 Å². The molecule has 0 aliphatic carbocycles. The van der Waals surface area contributed by atoms with E-state index in [1.54, 1.807) is 18.2 Å². The lowest BCUT2D eigenvalue weighted by Crippen LogP contribution is -2.41. The van der Waals surface area contributed by atoms with Crippen LogP contribution in [-0.4, -0.2) is 61.5 Å². The van der Waals surface area contributed by atoms with Crippen molar-refractivity contribution < 1.29 is 9.94 Å². The molecule has 158 valence electrons. The maximum atomic E-state index is 10.0. The normalized spacial score (nSPS) is 19.1. The quantitative estimate of drug-likeness (QED) is 0.522. The number of piperidine rings is 1. The molecule has 8 heteroatoms. The zero-order chi connectivity index (χ0) is 20.7. The van der Waals surface area contributed by atoms with Gasteiger partial charge in [0.05, 0.1) is 29.8 Å². The van der Waals surface area contributed by atoms with Gasteiger partial charge >= 0.3 is 0 Å². The first-order chi connectivity index (χ1) is 13.4. The second-order valence-electron chi connectivity index (χ2n) is 7.33. The molecule has 1 aromatic carbocycles. The predicted octanol–water partition coefficient (Wildman–Crippen LogP) is 2.79. The van der Waals surface area contributed by atoms with Gasteiger partial charge in [0.15, 0.2) is 0 Å². The van der Waals surface area contributed by atoms with Crippen molar-refractivity contribution in [1.29, 1.82) is 0 Å². The van der Waals surface area contributed by atoms with E-state index in [2.05, 4.69) is 4.90 Å². The van der Waals surface area contributed by atoms with E-state index in [1.807, 2.05) is 19.2 Å². The van der Waals surface area contributed by atoms with Crippen LogP contribution in [0.3, 0.4) is 0 Å². The third kappa shape index (κ3) is 5.99. The van der Waals surface area contributed by atoms with E-state index in [4.69, 9.17) is 39.5 Å². The Hall–Kier alpha value is -1.02. The van der Waals surface area contributed by atoms with Crippen LogP contribution >= 0.6 is 23.2 Å². The van der Waals surface area contributed by atoms with Gasteiger partial charge in [0, 0.05) is 30.8 Å². The molecule has 28 heavy (non-hydrogen) atoms. The van der Waals surface area contributed by atoms with Gasteiger partial charge in [-0.1, -0.05) is 29.3 Å². The van der Waals surface area contributed by atoms with Crippen LogP contribution in [-0.2, 0) is 4.84 Å². The molecule has 2 atom stereocenters. The molecule has 0 radical (unpaired) electrons. The first-order valence-electron chi connectivity index (χ1n) is 9.63. The Morgan fingerprint density at radius 2 is 2.04 bits per heavy atom. The van der Waals surface area contributed by atoms with Crippen LogP contribution in [0.5, 0.6) is 0 Å². The maximum absolute atomic E-state index is 10.0. The molecule has 1 aliphatic heterocycles. The highest BCUT2D eigenvalue weighted by Crippen LogP contribution is 2.32. The molecule has 0 amide bonds. The van der Waals surface area contributed by atoms with Crippen LogP contribution in [0.25, 0.3) is 0 Å². The van der Waals surface area contributed by atoms with Gasteiger partial charge in [0.1, 0.15) is 0 Å². The third-order valence-electron chi connectivity index (χ3n) is 5.79. The summed E-state index contributed by atoms with van der Waals surface area (Å²) in [6.45, 7) is 2.86. The molecule has 0 saturated carbocycles. The van der Waals surface area contributed by atoms with E-state index in [0.717, 1.165) is 50.2 Å². The third-order valence-corrected chi connectivity index (χ3v) is 6.53. The van der Waals surface area contributed by atoms with E-state index in [1.165, 1.54) is 6.20 Å². The Labute approximate surface area is 178 Å². The van der Waals surface area contributed by atoms with E-state index in [9.17, 15) is 5.11 Å². The van der Waals surface area contributed by atoms with Crippen LogP contribution in [0.2, 0.25) is 10.0 Å². The summed E-state index contributed by atoms with van der Waals surface area (Å²) in [6, 6.07) is 5.49. The largest absolute Gasteiger partial charge is 0.403 e. The summed E-state index contributed by atoms with van der Waals surface area (Å²) >= 11 is 12.3. The number of hydrogen-bond donors (Lipinski definition) is 3. The van der Waals surface area contributed by atoms with Gasteiger partial charge in [0.2, 0.25) is 0 Å². The second-order valence-corrected chi connectivity index (χ2v) is 8.14. The average molecular weight is 431 g/mol. The van der Waals surface area contributed by atoms with Gasteiger partial charge in [-0.05, 0) is 56.6 Å². The van der Waals surface area contributed by atoms with Crippen molar-refractivity contribution >= 4 is 23.2 Å². The predicted molar refractivity (Wildman–Crippen MR) is 115 cm³/mol. The highest BCUT2D eigenvalue weighted by molar-refractivity contribution is 6.42. The molecule has 1 aromatic rings. The molecule has 0 bridgehead atoms. The molecule has 1 saturated heterocycles. The number of hydrogen-bond acceptors (Lipinski definition) is 6. The van der Waals surface area contributed by atoms with Gasteiger partial charge in [-0.3, -0.25) is 0 Å². The lowest BCUT2D eigenvalue weighted by atomic mass is 9.87. The number of likely N-dealkylation sites (N-methyl/N-ethyl adjacent to an activating group) is 1. The summed E-state index contributed by atoms with van der Waals surface area (Å²) in [6.07, 6.45) is 4.41. The summed E-state index contributed by atoms with van der Waals surface area (Å²) in [5.74, 6) is 0.424. The lowest BCUT2D eigenvalue weighted by Gasteiger charge is -2.36. The molecule has 1 aliphatic rings. The van der Waals surface area contributed by atoms with Crippen LogP contribution in [0.4, 0.5) is 0 Å². The zero-order valence-corrected chi connectivity index (χ0v) is 18.2. The molecule has 1 fully saturated rings. The maximum Gasteiger partial charge on any atom is 0.0649 e. The van der Waals surface area contributed by atoms with Crippen molar-refractivity contribution in [1.82, 2.24) is 9.96 Å². The van der Waals surface area contributed by atoms with Crippen molar-refractivity contribution in [2.24, 2.45) is 17.4 Å². The van der Waals surface area contributed by atoms with E-state index in [0.29, 0.717) is 16.0 Å². The van der Waals surface area contributed by atoms with Gasteiger partial charge in [0.25, 0.3) is 0 Å². The summed E-state index contributed by atoms with van der Waals surface area (Å²) in [7, 11) is 3.44. The highest BCUT2D eigenvalue weighted by Gasteiger charge is 2.29. The Kier molecular flexibility index (Phi) is 9.34. The number of halogens is 2. The summed E-state index contributed by atoms with van der Waals surface area (Å²) in [5.41, 5.74) is 13.4. The Morgan fingerprint density at radius 1 is 1.36 bits per heavy atom. The van der Waals surface area contributed by atoms with Crippen molar-refractivity contribution in [3.63, 3.8) is 0 Å². The number of rotatable bonds is 9. The van der Waals surface area contributed by atoms with Crippen molar-refractivity contribution in [2.45, 2.75) is 31.2 Å². The number of allylic oxidation sites excluding steroid dienone is 1. The number of nitrogens with two attached hydrogens (primary N) is 2. The van der Waals surface area contributed by atoms with Crippen molar-refractivity contribution in [3.05, 3.63) is 45.7 Å². The molecule has 2 rings (SSSR count). The van der Waals surface area contributed by atoms with Crippen LogP contribution in [0.15, 0.2) is 30.1 Å². The molecule has 0 spiro atoms. The number of likely N-dealkylation sites (tertiary alicyclic amines) is 1. The number of aliphatic hydroxyl groups is 1. The smallest absolute Gasteiger partial charge is 0.0649 e. The first-order valence-corrected chi connectivity index (χ1v) is 10.4. The van der Waals surface area contributed by atoms with Crippen molar-refractivity contribution in [2.75, 3.05) is 40.4 Å². The number of aliphatic hydroxyl groups excluding tert-OH is 1. The SMILES string of the molecule is CON(C)C(CO)C(CCN1CCC(/C(N)=C/N)CC1)c1ccc(Cl)c(Cl)c1. The van der Waals surface area contributed by atoms with Crippen molar-refractivity contribution in [3.8, 4) is 0 Å². The molecule has 2 unspecified atom stereocenters.